The predicted octanol–water partition coefficient (Wildman–Crippen LogP) is 4.21. The maximum Gasteiger partial charge on any atom is 0.211 e. The van der Waals surface area contributed by atoms with Crippen LogP contribution in [-0.2, 0) is 12.8 Å². The first kappa shape index (κ1) is 19.2. The minimum Gasteiger partial charge on any atom is -0.381 e. The van der Waals surface area contributed by atoms with Crippen molar-refractivity contribution in [2.24, 2.45) is 5.41 Å². The molecule has 6 rings (SSSR count). The molecule has 2 aliphatic rings. The highest BCUT2D eigenvalue weighted by molar-refractivity contribution is 5.82. The molecule has 0 amide bonds. The fourth-order valence-electron chi connectivity index (χ4n) is 5.57. The highest BCUT2D eigenvalue weighted by atomic mass is 19.1. The Morgan fingerprint density at radius 2 is 1.72 bits per heavy atom. The zero-order valence-electron chi connectivity index (χ0n) is 18.1. The summed E-state index contributed by atoms with van der Waals surface area (Å²) in [6, 6.07) is 10.5. The molecule has 32 heavy (non-hydrogen) atoms. The third-order valence-electron chi connectivity index (χ3n) is 7.25. The first-order chi connectivity index (χ1) is 15.5. The molecule has 0 atom stereocenters. The van der Waals surface area contributed by atoms with Gasteiger partial charge in [-0.3, -0.25) is 4.40 Å². The molecule has 1 aliphatic carbocycles. The molecule has 0 saturated carbocycles. The molecule has 1 fully saturated rings. The van der Waals surface area contributed by atoms with E-state index in [2.05, 4.69) is 39.1 Å². The summed E-state index contributed by atoms with van der Waals surface area (Å²) < 4.78 is 16.7. The molecule has 3 aromatic heterocycles. The van der Waals surface area contributed by atoms with Crippen molar-refractivity contribution in [2.75, 3.05) is 23.7 Å². The van der Waals surface area contributed by atoms with Gasteiger partial charge in [-0.1, -0.05) is 24.3 Å². The Morgan fingerprint density at radius 3 is 2.44 bits per heavy atom. The Bertz CT molecular complexity index is 1310. The lowest BCUT2D eigenvalue weighted by Gasteiger charge is -2.40. The number of benzene rings is 1. The molecule has 1 aliphatic heterocycles. The molecule has 1 saturated heterocycles. The van der Waals surface area contributed by atoms with E-state index < -0.39 is 5.82 Å². The van der Waals surface area contributed by atoms with Crippen molar-refractivity contribution in [1.29, 1.82) is 0 Å². The number of aromatic nitrogens is 4. The van der Waals surface area contributed by atoms with Crippen molar-refractivity contribution in [2.45, 2.75) is 32.6 Å². The Morgan fingerprint density at radius 1 is 1.00 bits per heavy atom. The van der Waals surface area contributed by atoms with E-state index in [-0.39, 0.29) is 5.82 Å². The van der Waals surface area contributed by atoms with Crippen LogP contribution in [0.4, 0.5) is 16.2 Å². The minimum absolute atomic E-state index is 0.116. The van der Waals surface area contributed by atoms with Crippen molar-refractivity contribution in [3.05, 3.63) is 71.6 Å². The van der Waals surface area contributed by atoms with E-state index in [9.17, 15) is 4.39 Å². The SMILES string of the molecule is Cc1nc(N2CCC3(CC2)Cc2ccccc2C3)n2ccnc2c1-c1ccnc(N)c1F. The van der Waals surface area contributed by atoms with Gasteiger partial charge in [0.25, 0.3) is 0 Å². The lowest BCUT2D eigenvalue weighted by molar-refractivity contribution is 0.231. The maximum absolute atomic E-state index is 14.8. The summed E-state index contributed by atoms with van der Waals surface area (Å²) in [4.78, 5) is 15.7. The number of piperidine rings is 1. The molecular formula is C25H25FN6. The number of imidazole rings is 1. The van der Waals surface area contributed by atoms with Gasteiger partial charge in [0.15, 0.2) is 11.6 Å². The van der Waals surface area contributed by atoms with Gasteiger partial charge in [0.1, 0.15) is 5.65 Å². The van der Waals surface area contributed by atoms with Crippen molar-refractivity contribution < 1.29 is 4.39 Å². The third kappa shape index (κ3) is 2.87. The number of fused-ring (bicyclic) bond motifs is 2. The molecule has 7 heteroatoms. The number of aryl methyl sites for hydroxylation is 1. The Kier molecular flexibility index (Phi) is 4.22. The average molecular weight is 429 g/mol. The quantitative estimate of drug-likeness (QED) is 0.518. The molecule has 0 bridgehead atoms. The summed E-state index contributed by atoms with van der Waals surface area (Å²) in [7, 11) is 0. The number of nitrogens with zero attached hydrogens (tertiary/aromatic N) is 5. The van der Waals surface area contributed by atoms with E-state index in [1.807, 2.05) is 17.5 Å². The zero-order chi connectivity index (χ0) is 21.9. The third-order valence-corrected chi connectivity index (χ3v) is 7.25. The van der Waals surface area contributed by atoms with Gasteiger partial charge in [0.2, 0.25) is 5.95 Å². The molecule has 1 spiro atoms. The van der Waals surface area contributed by atoms with Gasteiger partial charge < -0.3 is 10.6 Å². The summed E-state index contributed by atoms with van der Waals surface area (Å²) in [5.41, 5.74) is 11.6. The van der Waals surface area contributed by atoms with E-state index in [4.69, 9.17) is 10.7 Å². The van der Waals surface area contributed by atoms with Crippen molar-refractivity contribution in [1.82, 2.24) is 19.4 Å². The monoisotopic (exact) mass is 428 g/mol. The number of nitrogens with two attached hydrogens (primary N) is 1. The van der Waals surface area contributed by atoms with Crippen LogP contribution in [0.25, 0.3) is 16.8 Å². The molecular weight excluding hydrogens is 403 g/mol. The highest BCUT2D eigenvalue weighted by Crippen LogP contribution is 2.45. The normalized spacial score (nSPS) is 17.2. The van der Waals surface area contributed by atoms with E-state index in [0.29, 0.717) is 22.2 Å². The summed E-state index contributed by atoms with van der Waals surface area (Å²) >= 11 is 0. The van der Waals surface area contributed by atoms with Gasteiger partial charge in [0.05, 0.1) is 5.69 Å². The number of rotatable bonds is 2. The number of hydrogen-bond donors (Lipinski definition) is 1. The fraction of sp³-hybridized carbons (Fsp3) is 0.320. The van der Waals surface area contributed by atoms with Crippen LogP contribution in [0, 0.1) is 18.2 Å². The van der Waals surface area contributed by atoms with E-state index >= 15 is 0 Å². The largest absolute Gasteiger partial charge is 0.381 e. The number of hydrogen-bond acceptors (Lipinski definition) is 5. The van der Waals surface area contributed by atoms with Gasteiger partial charge in [-0.05, 0) is 55.2 Å². The van der Waals surface area contributed by atoms with Crippen LogP contribution in [0.1, 0.15) is 29.7 Å². The van der Waals surface area contributed by atoms with E-state index in [1.165, 1.54) is 30.2 Å². The Labute approximate surface area is 185 Å². The highest BCUT2D eigenvalue weighted by Gasteiger charge is 2.40. The first-order valence-electron chi connectivity index (χ1n) is 11.1. The van der Waals surface area contributed by atoms with Crippen LogP contribution in [0.15, 0.2) is 48.9 Å². The lowest BCUT2D eigenvalue weighted by atomic mass is 9.76. The summed E-state index contributed by atoms with van der Waals surface area (Å²) in [6.45, 7) is 3.80. The van der Waals surface area contributed by atoms with Crippen LogP contribution in [-0.4, -0.2) is 32.4 Å². The van der Waals surface area contributed by atoms with E-state index in [1.54, 1.807) is 12.3 Å². The van der Waals surface area contributed by atoms with Gasteiger partial charge in [-0.25, -0.2) is 19.3 Å². The molecule has 2 N–H and O–H groups in total. The van der Waals surface area contributed by atoms with Crippen LogP contribution in [0.3, 0.4) is 0 Å². The number of pyridine rings is 1. The van der Waals surface area contributed by atoms with Gasteiger partial charge >= 0.3 is 0 Å². The number of halogens is 1. The Balaban J connectivity index is 1.34. The molecule has 4 heterocycles. The second-order valence-electron chi connectivity index (χ2n) is 9.16. The van der Waals surface area contributed by atoms with Gasteiger partial charge in [-0.15, -0.1) is 0 Å². The summed E-state index contributed by atoms with van der Waals surface area (Å²) in [6.07, 6.45) is 9.77. The predicted molar refractivity (Wildman–Crippen MR) is 123 cm³/mol. The minimum atomic E-state index is -0.532. The first-order valence-corrected chi connectivity index (χ1v) is 11.1. The van der Waals surface area contributed by atoms with Crippen LogP contribution in [0.5, 0.6) is 0 Å². The summed E-state index contributed by atoms with van der Waals surface area (Å²) in [5.74, 6) is 0.219. The topological polar surface area (TPSA) is 72.3 Å². The van der Waals surface area contributed by atoms with Crippen molar-refractivity contribution in [3.63, 3.8) is 0 Å². The average Bonchev–Trinajstić information content (AvgIpc) is 3.41. The van der Waals surface area contributed by atoms with Gasteiger partial charge in [0, 0.05) is 42.8 Å². The Hall–Kier alpha value is -3.48. The maximum atomic E-state index is 14.8. The lowest BCUT2D eigenvalue weighted by Crippen LogP contribution is -2.41. The second kappa shape index (κ2) is 7.02. The molecule has 0 unspecified atom stereocenters. The van der Waals surface area contributed by atoms with Crippen LogP contribution in [0.2, 0.25) is 0 Å². The van der Waals surface area contributed by atoms with Crippen molar-refractivity contribution in [3.8, 4) is 11.1 Å². The van der Waals surface area contributed by atoms with Crippen molar-refractivity contribution >= 4 is 17.4 Å². The molecule has 0 radical (unpaired) electrons. The van der Waals surface area contributed by atoms with Crippen LogP contribution < -0.4 is 10.6 Å². The van der Waals surface area contributed by atoms with Gasteiger partial charge in [-0.2, -0.15) is 0 Å². The summed E-state index contributed by atoms with van der Waals surface area (Å²) in [5, 5.41) is 0. The smallest absolute Gasteiger partial charge is 0.211 e. The van der Waals surface area contributed by atoms with Crippen LogP contribution >= 0.6 is 0 Å². The molecule has 1 aromatic carbocycles. The zero-order valence-corrected chi connectivity index (χ0v) is 18.1. The second-order valence-corrected chi connectivity index (χ2v) is 9.16. The molecule has 162 valence electrons. The molecule has 4 aromatic rings. The number of nitrogen functional groups attached to an aromatic ring is 1. The van der Waals surface area contributed by atoms with E-state index in [0.717, 1.165) is 37.6 Å². The molecule has 6 nitrogen and oxygen atoms in total. The standard InChI is InChI=1S/C25H25FN6/c1-16-20(19-6-9-28-22(27)21(19)26)23-29-10-13-32(23)24(30-16)31-11-7-25(8-12-31)14-17-4-2-3-5-18(17)15-25/h2-6,9-10,13H,7-8,11-12,14-15H2,1H3,(H2,27,28). The number of anilines is 2. The fourth-order valence-corrected chi connectivity index (χ4v) is 5.57.